The lowest BCUT2D eigenvalue weighted by molar-refractivity contribution is 0.0873. The molecule has 1 heterocycles. The number of hydrogen-bond acceptors (Lipinski definition) is 3. The average Bonchev–Trinajstić information content (AvgIpc) is 2.69. The summed E-state index contributed by atoms with van der Waals surface area (Å²) in [5, 5.41) is 13.0. The SMILES string of the molecule is CC(O)C(C)(C)NCC1Cc2ccccc2O1. The molecule has 94 valence electrons. The van der Waals surface area contributed by atoms with Gasteiger partial charge in [-0.1, -0.05) is 18.2 Å². The van der Waals surface area contributed by atoms with Crippen molar-refractivity contribution in [2.75, 3.05) is 6.54 Å². The van der Waals surface area contributed by atoms with Gasteiger partial charge in [-0.2, -0.15) is 0 Å². The molecule has 0 aromatic heterocycles. The van der Waals surface area contributed by atoms with Crippen LogP contribution in [0.15, 0.2) is 24.3 Å². The molecule has 0 bridgehead atoms. The van der Waals surface area contributed by atoms with Crippen molar-refractivity contribution in [3.05, 3.63) is 29.8 Å². The summed E-state index contributed by atoms with van der Waals surface area (Å²) in [5.41, 5.74) is 0.993. The minimum Gasteiger partial charge on any atom is -0.488 e. The molecule has 2 unspecified atom stereocenters. The standard InChI is InChI=1S/C14H21NO2/c1-10(16)14(2,3)15-9-12-8-11-6-4-5-7-13(11)17-12/h4-7,10,12,15-16H,8-9H2,1-3H3. The van der Waals surface area contributed by atoms with Gasteiger partial charge in [0.25, 0.3) is 0 Å². The third-order valence-electron chi connectivity index (χ3n) is 3.54. The van der Waals surface area contributed by atoms with Crippen LogP contribution in [0.5, 0.6) is 5.75 Å². The second kappa shape index (κ2) is 4.67. The summed E-state index contributed by atoms with van der Waals surface area (Å²) in [6.07, 6.45) is 0.732. The van der Waals surface area contributed by atoms with Crippen molar-refractivity contribution in [3.8, 4) is 5.75 Å². The Morgan fingerprint density at radius 2 is 2.18 bits per heavy atom. The largest absolute Gasteiger partial charge is 0.488 e. The van der Waals surface area contributed by atoms with Crippen molar-refractivity contribution in [2.45, 2.75) is 44.9 Å². The predicted molar refractivity (Wildman–Crippen MR) is 68.3 cm³/mol. The highest BCUT2D eigenvalue weighted by Crippen LogP contribution is 2.28. The van der Waals surface area contributed by atoms with Crippen LogP contribution in [0.2, 0.25) is 0 Å². The highest BCUT2D eigenvalue weighted by Gasteiger charge is 2.27. The Bertz CT molecular complexity index is 363. The zero-order chi connectivity index (χ0) is 12.5. The van der Waals surface area contributed by atoms with Crippen LogP contribution in [-0.2, 0) is 6.42 Å². The van der Waals surface area contributed by atoms with E-state index in [1.165, 1.54) is 5.56 Å². The summed E-state index contributed by atoms with van der Waals surface area (Å²) in [6, 6.07) is 8.15. The summed E-state index contributed by atoms with van der Waals surface area (Å²) in [5.74, 6) is 0.995. The van der Waals surface area contributed by atoms with Gasteiger partial charge >= 0.3 is 0 Å². The van der Waals surface area contributed by atoms with E-state index in [0.717, 1.165) is 18.7 Å². The Balaban J connectivity index is 1.88. The number of aliphatic hydroxyl groups is 1. The summed E-state index contributed by atoms with van der Waals surface area (Å²) >= 11 is 0. The van der Waals surface area contributed by atoms with E-state index in [0.29, 0.717) is 0 Å². The minimum absolute atomic E-state index is 0.172. The Morgan fingerprint density at radius 1 is 1.47 bits per heavy atom. The first-order valence-electron chi connectivity index (χ1n) is 6.17. The maximum atomic E-state index is 9.62. The molecular weight excluding hydrogens is 214 g/mol. The number of benzene rings is 1. The van der Waals surface area contributed by atoms with Crippen molar-refractivity contribution in [1.82, 2.24) is 5.32 Å². The van der Waals surface area contributed by atoms with E-state index in [4.69, 9.17) is 4.74 Å². The number of fused-ring (bicyclic) bond motifs is 1. The third kappa shape index (κ3) is 2.79. The molecule has 0 saturated carbocycles. The zero-order valence-corrected chi connectivity index (χ0v) is 10.7. The summed E-state index contributed by atoms with van der Waals surface area (Å²) < 4.78 is 5.84. The molecule has 1 aromatic rings. The molecule has 0 spiro atoms. The second-order valence-corrected chi connectivity index (χ2v) is 5.33. The Morgan fingerprint density at radius 3 is 2.82 bits per heavy atom. The molecule has 0 aliphatic carbocycles. The summed E-state index contributed by atoms with van der Waals surface area (Å²) in [4.78, 5) is 0. The van der Waals surface area contributed by atoms with E-state index in [1.807, 2.05) is 32.0 Å². The molecule has 1 aromatic carbocycles. The molecule has 1 aliphatic heterocycles. The number of para-hydroxylation sites is 1. The molecule has 17 heavy (non-hydrogen) atoms. The van der Waals surface area contributed by atoms with Gasteiger partial charge in [0.1, 0.15) is 11.9 Å². The molecule has 2 rings (SSSR count). The van der Waals surface area contributed by atoms with Gasteiger partial charge in [0.05, 0.1) is 6.10 Å². The quantitative estimate of drug-likeness (QED) is 0.835. The monoisotopic (exact) mass is 235 g/mol. The molecule has 0 radical (unpaired) electrons. The first kappa shape index (κ1) is 12.4. The van der Waals surface area contributed by atoms with Gasteiger partial charge in [-0.15, -0.1) is 0 Å². The second-order valence-electron chi connectivity index (χ2n) is 5.33. The van der Waals surface area contributed by atoms with Crippen LogP contribution < -0.4 is 10.1 Å². The Kier molecular flexibility index (Phi) is 3.40. The Hall–Kier alpha value is -1.06. The summed E-state index contributed by atoms with van der Waals surface area (Å²) in [6.45, 7) is 6.56. The predicted octanol–water partition coefficient (Wildman–Crippen LogP) is 1.74. The maximum Gasteiger partial charge on any atom is 0.123 e. The van der Waals surface area contributed by atoms with E-state index in [1.54, 1.807) is 6.92 Å². The summed E-state index contributed by atoms with van der Waals surface area (Å²) in [7, 11) is 0. The van der Waals surface area contributed by atoms with Gasteiger partial charge in [-0.05, 0) is 32.4 Å². The first-order valence-corrected chi connectivity index (χ1v) is 6.17. The maximum absolute atomic E-state index is 9.62. The fraction of sp³-hybridized carbons (Fsp3) is 0.571. The van der Waals surface area contributed by atoms with Crippen molar-refractivity contribution in [3.63, 3.8) is 0 Å². The molecule has 0 amide bonds. The van der Waals surface area contributed by atoms with Gasteiger partial charge in [0.15, 0.2) is 0 Å². The van der Waals surface area contributed by atoms with E-state index in [9.17, 15) is 5.11 Å². The van der Waals surface area contributed by atoms with Gasteiger partial charge in [0.2, 0.25) is 0 Å². The van der Waals surface area contributed by atoms with Gasteiger partial charge in [0, 0.05) is 18.5 Å². The van der Waals surface area contributed by atoms with Gasteiger partial charge in [-0.3, -0.25) is 0 Å². The van der Waals surface area contributed by atoms with E-state index < -0.39 is 0 Å². The molecule has 3 nitrogen and oxygen atoms in total. The zero-order valence-electron chi connectivity index (χ0n) is 10.7. The number of hydrogen-bond donors (Lipinski definition) is 2. The van der Waals surface area contributed by atoms with Crippen LogP contribution in [0, 0.1) is 0 Å². The molecule has 0 saturated heterocycles. The minimum atomic E-state index is -0.383. The fourth-order valence-corrected chi connectivity index (χ4v) is 1.89. The van der Waals surface area contributed by atoms with Gasteiger partial charge < -0.3 is 15.2 Å². The van der Waals surface area contributed by atoms with E-state index in [2.05, 4.69) is 11.4 Å². The van der Waals surface area contributed by atoms with E-state index >= 15 is 0 Å². The van der Waals surface area contributed by atoms with Crippen molar-refractivity contribution < 1.29 is 9.84 Å². The van der Waals surface area contributed by atoms with Crippen LogP contribution in [0.25, 0.3) is 0 Å². The number of ether oxygens (including phenoxy) is 1. The van der Waals surface area contributed by atoms with E-state index in [-0.39, 0.29) is 17.7 Å². The van der Waals surface area contributed by atoms with Crippen molar-refractivity contribution >= 4 is 0 Å². The fourth-order valence-electron chi connectivity index (χ4n) is 1.89. The molecular formula is C14H21NO2. The van der Waals surface area contributed by atoms with Crippen LogP contribution in [0.3, 0.4) is 0 Å². The smallest absolute Gasteiger partial charge is 0.123 e. The third-order valence-corrected chi connectivity index (χ3v) is 3.54. The lowest BCUT2D eigenvalue weighted by Crippen LogP contribution is -2.51. The lowest BCUT2D eigenvalue weighted by Gasteiger charge is -2.30. The van der Waals surface area contributed by atoms with Crippen molar-refractivity contribution in [2.24, 2.45) is 0 Å². The molecule has 1 aliphatic rings. The highest BCUT2D eigenvalue weighted by molar-refractivity contribution is 5.37. The number of aliphatic hydroxyl groups excluding tert-OH is 1. The van der Waals surface area contributed by atoms with Gasteiger partial charge in [-0.25, -0.2) is 0 Å². The lowest BCUT2D eigenvalue weighted by atomic mass is 9.98. The van der Waals surface area contributed by atoms with Crippen LogP contribution in [-0.4, -0.2) is 29.4 Å². The average molecular weight is 235 g/mol. The van der Waals surface area contributed by atoms with Crippen LogP contribution >= 0.6 is 0 Å². The molecule has 2 N–H and O–H groups in total. The molecule has 3 heteroatoms. The number of rotatable bonds is 4. The van der Waals surface area contributed by atoms with Crippen molar-refractivity contribution in [1.29, 1.82) is 0 Å². The topological polar surface area (TPSA) is 41.5 Å². The highest BCUT2D eigenvalue weighted by atomic mass is 16.5. The number of nitrogens with one attached hydrogen (secondary N) is 1. The first-order chi connectivity index (χ1) is 7.99. The normalized spacial score (nSPS) is 20.8. The Labute approximate surface area is 103 Å². The van der Waals surface area contributed by atoms with Crippen LogP contribution in [0.1, 0.15) is 26.3 Å². The molecule has 0 fully saturated rings. The van der Waals surface area contributed by atoms with Crippen LogP contribution in [0.4, 0.5) is 0 Å². The molecule has 2 atom stereocenters.